The summed E-state index contributed by atoms with van der Waals surface area (Å²) in [6, 6.07) is 9.90. The summed E-state index contributed by atoms with van der Waals surface area (Å²) in [5.74, 6) is 0. The summed E-state index contributed by atoms with van der Waals surface area (Å²) in [6.45, 7) is 4.81. The Morgan fingerprint density at radius 3 is 1.79 bits per heavy atom. The number of piperidine rings is 1. The normalized spacial score (nSPS) is 21.1. The molecule has 0 unspecified atom stereocenters. The van der Waals surface area contributed by atoms with Crippen molar-refractivity contribution < 1.29 is 0 Å². The van der Waals surface area contributed by atoms with Gasteiger partial charge < -0.3 is 15.1 Å². The maximum Gasteiger partial charge on any atom is 0.0367 e. The van der Waals surface area contributed by atoms with Crippen LogP contribution in [0.4, 0.5) is 11.4 Å². The highest BCUT2D eigenvalue weighted by Crippen LogP contribution is 2.25. The zero-order valence-electron chi connectivity index (χ0n) is 11.9. The minimum atomic E-state index is 0.708. The summed E-state index contributed by atoms with van der Waals surface area (Å²) in [6.07, 6.45) is 5.20. The third-order valence-electron chi connectivity index (χ3n) is 4.59. The minimum absolute atomic E-state index is 0.708. The zero-order chi connectivity index (χ0) is 13.1. The second-order valence-corrected chi connectivity index (χ2v) is 5.76. The average Bonchev–Trinajstić information content (AvgIpc) is 3.02. The fourth-order valence-electron chi connectivity index (χ4n) is 3.28. The molecule has 0 atom stereocenters. The van der Waals surface area contributed by atoms with E-state index >= 15 is 0 Å². The molecule has 19 heavy (non-hydrogen) atoms. The van der Waals surface area contributed by atoms with Gasteiger partial charge in [-0.25, -0.2) is 0 Å². The van der Waals surface area contributed by atoms with Crippen LogP contribution in [0.15, 0.2) is 24.3 Å². The van der Waals surface area contributed by atoms with E-state index in [0.29, 0.717) is 6.04 Å². The standard InChI is InChI=1S/C16H25N3/c1-17-14-8-12-19(13-9-14)16-6-4-15(5-7-16)18-10-2-3-11-18/h4-7,14,17H,2-3,8-13H2,1H3. The Balaban J connectivity index is 1.62. The molecule has 0 spiro atoms. The molecule has 2 saturated heterocycles. The van der Waals surface area contributed by atoms with Gasteiger partial charge in [-0.05, 0) is 57.0 Å². The van der Waals surface area contributed by atoms with Crippen molar-refractivity contribution in [3.8, 4) is 0 Å². The van der Waals surface area contributed by atoms with Crippen molar-refractivity contribution in [1.29, 1.82) is 0 Å². The molecular formula is C16H25N3. The molecule has 0 amide bonds. The fourth-order valence-corrected chi connectivity index (χ4v) is 3.28. The van der Waals surface area contributed by atoms with Crippen LogP contribution in [-0.2, 0) is 0 Å². The third-order valence-corrected chi connectivity index (χ3v) is 4.59. The van der Waals surface area contributed by atoms with Gasteiger partial charge in [-0.1, -0.05) is 0 Å². The second kappa shape index (κ2) is 5.83. The summed E-state index contributed by atoms with van der Waals surface area (Å²) in [7, 11) is 2.07. The number of anilines is 2. The third kappa shape index (κ3) is 2.86. The monoisotopic (exact) mass is 259 g/mol. The van der Waals surface area contributed by atoms with E-state index in [-0.39, 0.29) is 0 Å². The highest BCUT2D eigenvalue weighted by molar-refractivity contribution is 5.57. The summed E-state index contributed by atoms with van der Waals surface area (Å²) in [5.41, 5.74) is 2.78. The van der Waals surface area contributed by atoms with Crippen molar-refractivity contribution in [2.24, 2.45) is 0 Å². The summed E-state index contributed by atoms with van der Waals surface area (Å²) < 4.78 is 0. The number of nitrogens with one attached hydrogen (secondary N) is 1. The highest BCUT2D eigenvalue weighted by Gasteiger charge is 2.18. The van der Waals surface area contributed by atoms with Crippen LogP contribution in [0.1, 0.15) is 25.7 Å². The molecule has 0 saturated carbocycles. The molecule has 3 heteroatoms. The Morgan fingerprint density at radius 2 is 1.32 bits per heavy atom. The van der Waals surface area contributed by atoms with Crippen molar-refractivity contribution in [3.63, 3.8) is 0 Å². The summed E-state index contributed by atoms with van der Waals surface area (Å²) in [5, 5.41) is 3.39. The predicted octanol–water partition coefficient (Wildman–Crippen LogP) is 2.48. The average molecular weight is 259 g/mol. The maximum absolute atomic E-state index is 3.39. The van der Waals surface area contributed by atoms with Crippen molar-refractivity contribution in [3.05, 3.63) is 24.3 Å². The largest absolute Gasteiger partial charge is 0.372 e. The van der Waals surface area contributed by atoms with Crippen LogP contribution in [0.25, 0.3) is 0 Å². The van der Waals surface area contributed by atoms with E-state index in [4.69, 9.17) is 0 Å². The predicted molar refractivity (Wildman–Crippen MR) is 82.2 cm³/mol. The van der Waals surface area contributed by atoms with E-state index in [0.717, 1.165) is 0 Å². The number of hydrogen-bond donors (Lipinski definition) is 1. The fraction of sp³-hybridized carbons (Fsp3) is 0.625. The highest BCUT2D eigenvalue weighted by atomic mass is 15.2. The van der Waals surface area contributed by atoms with Crippen molar-refractivity contribution >= 4 is 11.4 Å². The topological polar surface area (TPSA) is 18.5 Å². The Bertz CT molecular complexity index is 387. The number of nitrogens with zero attached hydrogens (tertiary/aromatic N) is 2. The molecular weight excluding hydrogens is 234 g/mol. The number of benzene rings is 1. The van der Waals surface area contributed by atoms with Crippen LogP contribution in [-0.4, -0.2) is 39.3 Å². The second-order valence-electron chi connectivity index (χ2n) is 5.76. The lowest BCUT2D eigenvalue weighted by Crippen LogP contribution is -2.41. The molecule has 104 valence electrons. The quantitative estimate of drug-likeness (QED) is 0.899. The summed E-state index contributed by atoms with van der Waals surface area (Å²) in [4.78, 5) is 5.01. The van der Waals surface area contributed by atoms with Gasteiger partial charge in [-0.2, -0.15) is 0 Å². The van der Waals surface area contributed by atoms with Crippen LogP contribution in [0.2, 0.25) is 0 Å². The lowest BCUT2D eigenvalue weighted by Gasteiger charge is -2.33. The van der Waals surface area contributed by atoms with Crippen LogP contribution < -0.4 is 15.1 Å². The van der Waals surface area contributed by atoms with Gasteiger partial charge in [0, 0.05) is 43.6 Å². The lowest BCUT2D eigenvalue weighted by atomic mass is 10.0. The molecule has 2 heterocycles. The first kappa shape index (κ1) is 12.8. The van der Waals surface area contributed by atoms with Gasteiger partial charge in [-0.15, -0.1) is 0 Å². The first-order valence-corrected chi connectivity index (χ1v) is 7.64. The lowest BCUT2D eigenvalue weighted by molar-refractivity contribution is 0.442. The zero-order valence-corrected chi connectivity index (χ0v) is 11.9. The van der Waals surface area contributed by atoms with Gasteiger partial charge in [-0.3, -0.25) is 0 Å². The first-order chi connectivity index (χ1) is 9.36. The van der Waals surface area contributed by atoms with E-state index in [1.807, 2.05) is 0 Å². The molecule has 0 radical (unpaired) electrons. The maximum atomic E-state index is 3.39. The van der Waals surface area contributed by atoms with Crippen LogP contribution in [0.5, 0.6) is 0 Å². The molecule has 2 aliphatic rings. The molecule has 2 aliphatic heterocycles. The smallest absolute Gasteiger partial charge is 0.0367 e. The number of hydrogen-bond acceptors (Lipinski definition) is 3. The van der Waals surface area contributed by atoms with E-state index in [1.54, 1.807) is 0 Å². The number of rotatable bonds is 3. The molecule has 1 aromatic carbocycles. The molecule has 0 aliphatic carbocycles. The van der Waals surface area contributed by atoms with Gasteiger partial charge >= 0.3 is 0 Å². The first-order valence-electron chi connectivity index (χ1n) is 7.64. The van der Waals surface area contributed by atoms with Crippen molar-refractivity contribution in [2.75, 3.05) is 43.0 Å². The van der Waals surface area contributed by atoms with Gasteiger partial charge in [0.25, 0.3) is 0 Å². The molecule has 2 fully saturated rings. The van der Waals surface area contributed by atoms with Gasteiger partial charge in [0.2, 0.25) is 0 Å². The Morgan fingerprint density at radius 1 is 0.842 bits per heavy atom. The minimum Gasteiger partial charge on any atom is -0.372 e. The van der Waals surface area contributed by atoms with Crippen LogP contribution >= 0.6 is 0 Å². The van der Waals surface area contributed by atoms with Gasteiger partial charge in [0.1, 0.15) is 0 Å². The van der Waals surface area contributed by atoms with E-state index in [1.165, 1.54) is 63.2 Å². The Kier molecular flexibility index (Phi) is 3.92. The Hall–Kier alpha value is -1.22. The van der Waals surface area contributed by atoms with E-state index in [9.17, 15) is 0 Å². The van der Waals surface area contributed by atoms with Crippen LogP contribution in [0, 0.1) is 0 Å². The Labute approximate surface area is 116 Å². The van der Waals surface area contributed by atoms with Crippen molar-refractivity contribution in [2.45, 2.75) is 31.7 Å². The molecule has 1 aromatic rings. The van der Waals surface area contributed by atoms with Gasteiger partial charge in [0.15, 0.2) is 0 Å². The van der Waals surface area contributed by atoms with Crippen molar-refractivity contribution in [1.82, 2.24) is 5.32 Å². The van der Waals surface area contributed by atoms with Crippen LogP contribution in [0.3, 0.4) is 0 Å². The summed E-state index contributed by atoms with van der Waals surface area (Å²) >= 11 is 0. The van der Waals surface area contributed by atoms with E-state index < -0.39 is 0 Å². The van der Waals surface area contributed by atoms with E-state index in [2.05, 4.69) is 46.4 Å². The molecule has 1 N–H and O–H groups in total. The molecule has 0 bridgehead atoms. The SMILES string of the molecule is CNC1CCN(c2ccc(N3CCCC3)cc2)CC1. The molecule has 3 rings (SSSR count). The van der Waals surface area contributed by atoms with Gasteiger partial charge in [0.05, 0.1) is 0 Å². The molecule has 0 aromatic heterocycles. The molecule has 3 nitrogen and oxygen atoms in total.